The first-order valence-corrected chi connectivity index (χ1v) is 8.36. The Hall–Kier alpha value is -2.63. The molecule has 0 radical (unpaired) electrons. The van der Waals surface area contributed by atoms with Crippen LogP contribution in [0, 0.1) is 5.41 Å². The molecule has 3 fully saturated rings. The summed E-state index contributed by atoms with van der Waals surface area (Å²) in [6.07, 6.45) is 3.67. The highest BCUT2D eigenvalue weighted by molar-refractivity contribution is 5.92. The van der Waals surface area contributed by atoms with Crippen LogP contribution in [0.2, 0.25) is 0 Å². The van der Waals surface area contributed by atoms with E-state index in [1.807, 2.05) is 6.07 Å². The predicted octanol–water partition coefficient (Wildman–Crippen LogP) is 3.08. The van der Waals surface area contributed by atoms with E-state index in [0.717, 1.165) is 30.5 Å². The van der Waals surface area contributed by atoms with E-state index in [1.54, 1.807) is 24.3 Å². The topological polar surface area (TPSA) is 81.4 Å². The van der Waals surface area contributed by atoms with Gasteiger partial charge in [0.25, 0.3) is 0 Å². The van der Waals surface area contributed by atoms with Gasteiger partial charge in [0.05, 0.1) is 24.8 Å². The second-order valence-corrected chi connectivity index (χ2v) is 7.61. The fraction of sp³-hybridized carbons (Fsp3) is 0.421. The van der Waals surface area contributed by atoms with E-state index in [0.29, 0.717) is 16.9 Å². The lowest BCUT2D eigenvalue weighted by Gasteiger charge is -2.68. The first-order valence-electron chi connectivity index (χ1n) is 8.36. The van der Waals surface area contributed by atoms with Crippen molar-refractivity contribution in [3.8, 4) is 0 Å². The molecule has 3 aliphatic rings. The van der Waals surface area contributed by atoms with E-state index in [-0.39, 0.29) is 17.7 Å². The van der Waals surface area contributed by atoms with E-state index in [2.05, 4.69) is 22.1 Å². The van der Waals surface area contributed by atoms with Gasteiger partial charge in [0.1, 0.15) is 0 Å². The molecule has 5 rings (SSSR count). The third-order valence-corrected chi connectivity index (χ3v) is 5.35. The van der Waals surface area contributed by atoms with Crippen molar-refractivity contribution in [3.63, 3.8) is 0 Å². The van der Waals surface area contributed by atoms with Crippen LogP contribution < -0.4 is 5.32 Å². The number of hydrogen-bond acceptors (Lipinski definition) is 5. The number of methoxy groups -OCH3 is 1. The molecule has 0 unspecified atom stereocenters. The maximum Gasteiger partial charge on any atom is 0.337 e. The number of nitrogens with one attached hydrogen (secondary N) is 1. The maximum absolute atomic E-state index is 12.2. The molecule has 130 valence electrons. The monoisotopic (exact) mass is 340 g/mol. The number of hydrogen-bond donors (Lipinski definition) is 1. The Morgan fingerprint density at radius 2 is 1.92 bits per heavy atom. The molecule has 3 aliphatic carbocycles. The number of aromatic nitrogens is 1. The second kappa shape index (κ2) is 5.44. The van der Waals surface area contributed by atoms with E-state index < -0.39 is 5.97 Å². The van der Waals surface area contributed by atoms with Crippen LogP contribution in [-0.4, -0.2) is 24.1 Å². The number of rotatable bonds is 5. The Morgan fingerprint density at radius 3 is 2.52 bits per heavy atom. The molecule has 1 N–H and O–H groups in total. The van der Waals surface area contributed by atoms with Gasteiger partial charge in [-0.2, -0.15) is 0 Å². The molecule has 1 amide bonds. The molecule has 1 aromatic carbocycles. The summed E-state index contributed by atoms with van der Waals surface area (Å²) in [6.45, 7) is 2.29. The fourth-order valence-corrected chi connectivity index (χ4v) is 4.39. The molecular formula is C19H20N2O4. The molecule has 0 aliphatic heterocycles. The van der Waals surface area contributed by atoms with Crippen LogP contribution in [0.25, 0.3) is 0 Å². The highest BCUT2D eigenvalue weighted by Crippen LogP contribution is 2.73. The zero-order chi connectivity index (χ0) is 17.7. The van der Waals surface area contributed by atoms with Crippen LogP contribution in [0.1, 0.15) is 47.8 Å². The van der Waals surface area contributed by atoms with Crippen molar-refractivity contribution in [2.45, 2.75) is 38.0 Å². The highest BCUT2D eigenvalue weighted by atomic mass is 16.5. The Kier molecular flexibility index (Phi) is 3.45. The van der Waals surface area contributed by atoms with Crippen LogP contribution in [0.5, 0.6) is 0 Å². The first-order chi connectivity index (χ1) is 11.9. The Morgan fingerprint density at radius 1 is 1.24 bits per heavy atom. The van der Waals surface area contributed by atoms with Crippen LogP contribution in [0.4, 0.5) is 5.88 Å². The third kappa shape index (κ3) is 2.71. The van der Waals surface area contributed by atoms with Gasteiger partial charge in [0, 0.05) is 11.5 Å². The number of anilines is 1. The maximum atomic E-state index is 12.2. The standard InChI is InChI=1S/C19H20N2O4/c1-18-9-19(10-18,11-18)14-8-16(25-21-14)20-15(22)7-12-3-5-13(6-4-12)17(23)24-2/h3-6,8H,7,9-11H2,1-2H3,(H,20,22). The summed E-state index contributed by atoms with van der Waals surface area (Å²) >= 11 is 0. The second-order valence-electron chi connectivity index (χ2n) is 7.61. The zero-order valence-corrected chi connectivity index (χ0v) is 14.3. The van der Waals surface area contributed by atoms with E-state index in [1.165, 1.54) is 7.11 Å². The largest absolute Gasteiger partial charge is 0.465 e. The summed E-state index contributed by atoms with van der Waals surface area (Å²) in [5.41, 5.74) is 2.90. The molecule has 0 spiro atoms. The lowest BCUT2D eigenvalue weighted by atomic mass is 9.35. The number of ether oxygens (including phenoxy) is 1. The Bertz CT molecular complexity index is 818. The van der Waals surface area contributed by atoms with Crippen LogP contribution in [0.3, 0.4) is 0 Å². The van der Waals surface area contributed by atoms with E-state index in [9.17, 15) is 9.59 Å². The minimum Gasteiger partial charge on any atom is -0.465 e. The van der Waals surface area contributed by atoms with Gasteiger partial charge in [-0.15, -0.1) is 0 Å². The van der Waals surface area contributed by atoms with Crippen molar-refractivity contribution in [1.29, 1.82) is 0 Å². The quantitative estimate of drug-likeness (QED) is 0.846. The number of benzene rings is 1. The number of esters is 1. The molecule has 2 aromatic rings. The number of nitrogens with zero attached hydrogens (tertiary/aromatic N) is 1. The molecule has 0 atom stereocenters. The van der Waals surface area contributed by atoms with Crippen molar-refractivity contribution in [1.82, 2.24) is 5.16 Å². The summed E-state index contributed by atoms with van der Waals surface area (Å²) in [5.74, 6) is -0.188. The van der Waals surface area contributed by atoms with Gasteiger partial charge in [-0.05, 0) is 42.4 Å². The lowest BCUT2D eigenvalue weighted by molar-refractivity contribution is -0.129. The van der Waals surface area contributed by atoms with Gasteiger partial charge >= 0.3 is 5.97 Å². The smallest absolute Gasteiger partial charge is 0.337 e. The molecule has 6 nitrogen and oxygen atoms in total. The van der Waals surface area contributed by atoms with Gasteiger partial charge in [-0.25, -0.2) is 4.79 Å². The molecule has 1 aromatic heterocycles. The lowest BCUT2D eigenvalue weighted by Crippen LogP contribution is -2.62. The molecule has 25 heavy (non-hydrogen) atoms. The van der Waals surface area contributed by atoms with Crippen molar-refractivity contribution >= 4 is 17.8 Å². The summed E-state index contributed by atoms with van der Waals surface area (Å²) in [7, 11) is 1.34. The molecule has 3 saturated carbocycles. The average molecular weight is 340 g/mol. The van der Waals surface area contributed by atoms with Crippen molar-refractivity contribution in [2.75, 3.05) is 12.4 Å². The summed E-state index contributed by atoms with van der Waals surface area (Å²) < 4.78 is 9.93. The van der Waals surface area contributed by atoms with Crippen LogP contribution >= 0.6 is 0 Å². The SMILES string of the molecule is COC(=O)c1ccc(CC(=O)Nc2cc(C34CC(C)(C3)C4)no2)cc1. The summed E-state index contributed by atoms with van der Waals surface area (Å²) in [4.78, 5) is 23.6. The predicted molar refractivity (Wildman–Crippen MR) is 90.3 cm³/mol. The van der Waals surface area contributed by atoms with Gasteiger partial charge in [0.2, 0.25) is 11.8 Å². The normalized spacial score (nSPS) is 26.3. The zero-order valence-electron chi connectivity index (χ0n) is 14.3. The minimum atomic E-state index is -0.396. The molecular weight excluding hydrogens is 320 g/mol. The van der Waals surface area contributed by atoms with Crippen LogP contribution in [0.15, 0.2) is 34.9 Å². The van der Waals surface area contributed by atoms with Crippen molar-refractivity contribution in [3.05, 3.63) is 47.2 Å². The molecule has 1 heterocycles. The van der Waals surface area contributed by atoms with Crippen molar-refractivity contribution in [2.24, 2.45) is 5.41 Å². The van der Waals surface area contributed by atoms with E-state index >= 15 is 0 Å². The molecule has 6 heteroatoms. The fourth-order valence-electron chi connectivity index (χ4n) is 4.39. The molecule has 0 saturated heterocycles. The first kappa shape index (κ1) is 15.9. The Balaban J connectivity index is 1.35. The van der Waals surface area contributed by atoms with Gasteiger partial charge in [0.15, 0.2) is 0 Å². The summed E-state index contributed by atoms with van der Waals surface area (Å²) in [5, 5.41) is 6.89. The van der Waals surface area contributed by atoms with Gasteiger partial charge in [-0.1, -0.05) is 24.2 Å². The third-order valence-electron chi connectivity index (χ3n) is 5.35. The van der Waals surface area contributed by atoms with Gasteiger partial charge in [-0.3, -0.25) is 10.1 Å². The number of amides is 1. The average Bonchev–Trinajstić information content (AvgIpc) is 2.99. The van der Waals surface area contributed by atoms with Crippen LogP contribution in [-0.2, 0) is 21.4 Å². The van der Waals surface area contributed by atoms with Crippen molar-refractivity contribution < 1.29 is 18.8 Å². The highest BCUT2D eigenvalue weighted by Gasteiger charge is 2.66. The Labute approximate surface area is 145 Å². The number of carbonyl (C=O) groups excluding carboxylic acids is 2. The van der Waals surface area contributed by atoms with Gasteiger partial charge < -0.3 is 9.26 Å². The number of carbonyl (C=O) groups is 2. The summed E-state index contributed by atoms with van der Waals surface area (Å²) in [6, 6.07) is 8.60. The minimum absolute atomic E-state index is 0.182. The van der Waals surface area contributed by atoms with E-state index in [4.69, 9.17) is 4.52 Å². The molecule has 2 bridgehead atoms.